The zero-order valence-corrected chi connectivity index (χ0v) is 8.87. The molecule has 1 fully saturated rings. The number of hydrazine groups is 1. The number of halogens is 1. The van der Waals surface area contributed by atoms with Crippen molar-refractivity contribution in [3.05, 3.63) is 34.9 Å². The molecule has 0 unspecified atom stereocenters. The van der Waals surface area contributed by atoms with E-state index in [1.807, 2.05) is 17.1 Å². The summed E-state index contributed by atoms with van der Waals surface area (Å²) >= 11 is 5.96. The predicted molar refractivity (Wildman–Crippen MR) is 59.2 cm³/mol. The molecule has 76 valence electrons. The van der Waals surface area contributed by atoms with E-state index in [4.69, 9.17) is 17.4 Å². The van der Waals surface area contributed by atoms with Crippen LogP contribution in [-0.2, 0) is 0 Å². The molecule has 0 atom stereocenters. The van der Waals surface area contributed by atoms with E-state index in [9.17, 15) is 0 Å². The van der Waals surface area contributed by atoms with Gasteiger partial charge >= 0.3 is 0 Å². The Kier molecular flexibility index (Phi) is 3.06. The topological polar surface area (TPSA) is 29.3 Å². The lowest BCUT2D eigenvalue weighted by Crippen LogP contribution is -2.38. The van der Waals surface area contributed by atoms with E-state index in [2.05, 4.69) is 12.1 Å². The van der Waals surface area contributed by atoms with Gasteiger partial charge in [-0.05, 0) is 36.5 Å². The molecule has 0 radical (unpaired) electrons. The Morgan fingerprint density at radius 3 is 2.64 bits per heavy atom. The predicted octanol–water partition coefficient (Wildman–Crippen LogP) is 2.39. The van der Waals surface area contributed by atoms with Crippen LogP contribution in [0.1, 0.15) is 24.3 Å². The van der Waals surface area contributed by atoms with Gasteiger partial charge in [-0.3, -0.25) is 5.84 Å². The standard InChI is InChI=1S/C11H15ClN2/c12-11-3-1-2-10(8-11)9-4-6-14(13)7-5-9/h1-3,8-9H,4-7,13H2. The minimum atomic E-state index is 0.633. The number of rotatable bonds is 1. The number of benzene rings is 1. The molecule has 1 aliphatic rings. The quantitative estimate of drug-likeness (QED) is 0.722. The van der Waals surface area contributed by atoms with Gasteiger partial charge in [0.15, 0.2) is 0 Å². The average Bonchev–Trinajstić information content (AvgIpc) is 2.19. The highest BCUT2D eigenvalue weighted by Crippen LogP contribution is 2.28. The highest BCUT2D eigenvalue weighted by atomic mass is 35.5. The summed E-state index contributed by atoms with van der Waals surface area (Å²) in [5.41, 5.74) is 1.35. The van der Waals surface area contributed by atoms with Crippen molar-refractivity contribution in [3.8, 4) is 0 Å². The molecular formula is C11H15ClN2. The fourth-order valence-electron chi connectivity index (χ4n) is 1.99. The van der Waals surface area contributed by atoms with E-state index in [0.29, 0.717) is 5.92 Å². The zero-order valence-electron chi connectivity index (χ0n) is 8.12. The third kappa shape index (κ3) is 2.27. The molecule has 1 heterocycles. The summed E-state index contributed by atoms with van der Waals surface area (Å²) in [6.45, 7) is 1.97. The third-order valence-corrected chi connectivity index (χ3v) is 3.08. The summed E-state index contributed by atoms with van der Waals surface area (Å²) in [7, 11) is 0. The molecule has 2 N–H and O–H groups in total. The molecule has 1 aromatic rings. The minimum Gasteiger partial charge on any atom is -0.269 e. The van der Waals surface area contributed by atoms with Gasteiger partial charge in [0.25, 0.3) is 0 Å². The van der Waals surface area contributed by atoms with Crippen LogP contribution in [0.4, 0.5) is 0 Å². The van der Waals surface area contributed by atoms with E-state index in [1.54, 1.807) is 0 Å². The lowest BCUT2D eigenvalue weighted by molar-refractivity contribution is 0.217. The summed E-state index contributed by atoms with van der Waals surface area (Å²) < 4.78 is 0. The number of nitrogens with two attached hydrogens (primary N) is 1. The first kappa shape index (κ1) is 9.97. The Hall–Kier alpha value is -0.570. The molecule has 2 nitrogen and oxygen atoms in total. The number of hydrogen-bond donors (Lipinski definition) is 1. The van der Waals surface area contributed by atoms with Gasteiger partial charge in [-0.15, -0.1) is 0 Å². The summed E-state index contributed by atoms with van der Waals surface area (Å²) in [6, 6.07) is 8.16. The van der Waals surface area contributed by atoms with Gasteiger partial charge in [0.05, 0.1) is 0 Å². The SMILES string of the molecule is NN1CCC(c2cccc(Cl)c2)CC1. The number of piperidine rings is 1. The van der Waals surface area contributed by atoms with Crippen molar-refractivity contribution in [2.45, 2.75) is 18.8 Å². The molecule has 1 saturated heterocycles. The van der Waals surface area contributed by atoms with Gasteiger partial charge in [0, 0.05) is 18.1 Å². The van der Waals surface area contributed by atoms with E-state index in [-0.39, 0.29) is 0 Å². The monoisotopic (exact) mass is 210 g/mol. The van der Waals surface area contributed by atoms with Crippen LogP contribution >= 0.6 is 11.6 Å². The minimum absolute atomic E-state index is 0.633. The van der Waals surface area contributed by atoms with Gasteiger partial charge in [-0.1, -0.05) is 23.7 Å². The van der Waals surface area contributed by atoms with E-state index in [0.717, 1.165) is 31.0 Å². The van der Waals surface area contributed by atoms with Crippen LogP contribution in [0.5, 0.6) is 0 Å². The smallest absolute Gasteiger partial charge is 0.0408 e. The normalized spacial score (nSPS) is 19.9. The van der Waals surface area contributed by atoms with E-state index >= 15 is 0 Å². The molecule has 0 aliphatic carbocycles. The van der Waals surface area contributed by atoms with Crippen LogP contribution in [0.3, 0.4) is 0 Å². The lowest BCUT2D eigenvalue weighted by atomic mass is 9.90. The largest absolute Gasteiger partial charge is 0.269 e. The second kappa shape index (κ2) is 4.30. The van der Waals surface area contributed by atoms with Gasteiger partial charge in [-0.25, -0.2) is 5.01 Å². The average molecular weight is 211 g/mol. The van der Waals surface area contributed by atoms with Gasteiger partial charge in [-0.2, -0.15) is 0 Å². The van der Waals surface area contributed by atoms with Crippen molar-refractivity contribution >= 4 is 11.6 Å². The van der Waals surface area contributed by atoms with Crippen molar-refractivity contribution < 1.29 is 0 Å². The third-order valence-electron chi connectivity index (χ3n) is 2.85. The summed E-state index contributed by atoms with van der Waals surface area (Å²) in [5.74, 6) is 6.35. The maximum absolute atomic E-state index is 5.96. The maximum atomic E-state index is 5.96. The van der Waals surface area contributed by atoms with E-state index in [1.165, 1.54) is 5.56 Å². The van der Waals surface area contributed by atoms with Crippen molar-refractivity contribution in [3.63, 3.8) is 0 Å². The highest BCUT2D eigenvalue weighted by molar-refractivity contribution is 6.30. The maximum Gasteiger partial charge on any atom is 0.0408 e. The fraction of sp³-hybridized carbons (Fsp3) is 0.455. The lowest BCUT2D eigenvalue weighted by Gasteiger charge is -2.28. The molecule has 3 heteroatoms. The van der Waals surface area contributed by atoms with Crippen LogP contribution in [0.25, 0.3) is 0 Å². The molecule has 0 spiro atoms. The first-order valence-corrected chi connectivity index (χ1v) is 5.38. The Bertz CT molecular complexity index is 306. The van der Waals surface area contributed by atoms with Gasteiger partial charge < -0.3 is 0 Å². The summed E-state index contributed by atoms with van der Waals surface area (Å²) in [5, 5.41) is 2.72. The Morgan fingerprint density at radius 2 is 2.00 bits per heavy atom. The van der Waals surface area contributed by atoms with Gasteiger partial charge in [0.2, 0.25) is 0 Å². The van der Waals surface area contributed by atoms with Crippen LogP contribution in [0.15, 0.2) is 24.3 Å². The van der Waals surface area contributed by atoms with Crippen molar-refractivity contribution in [2.75, 3.05) is 13.1 Å². The molecule has 0 bridgehead atoms. The van der Waals surface area contributed by atoms with Crippen LogP contribution in [0, 0.1) is 0 Å². The summed E-state index contributed by atoms with van der Waals surface area (Å²) in [4.78, 5) is 0. The van der Waals surface area contributed by atoms with Crippen molar-refractivity contribution in [2.24, 2.45) is 5.84 Å². The molecule has 14 heavy (non-hydrogen) atoms. The second-order valence-electron chi connectivity index (χ2n) is 3.87. The zero-order chi connectivity index (χ0) is 9.97. The Balaban J connectivity index is 2.08. The second-order valence-corrected chi connectivity index (χ2v) is 4.30. The fourth-order valence-corrected chi connectivity index (χ4v) is 2.19. The van der Waals surface area contributed by atoms with Crippen LogP contribution in [-0.4, -0.2) is 18.1 Å². The first-order chi connectivity index (χ1) is 6.75. The van der Waals surface area contributed by atoms with Crippen molar-refractivity contribution in [1.82, 2.24) is 5.01 Å². The number of nitrogens with zero attached hydrogens (tertiary/aromatic N) is 1. The molecule has 0 aromatic heterocycles. The molecule has 1 aliphatic heterocycles. The molecular weight excluding hydrogens is 196 g/mol. The highest BCUT2D eigenvalue weighted by Gasteiger charge is 2.18. The molecule has 0 amide bonds. The molecule has 0 saturated carbocycles. The molecule has 2 rings (SSSR count). The van der Waals surface area contributed by atoms with Gasteiger partial charge in [0.1, 0.15) is 0 Å². The van der Waals surface area contributed by atoms with Crippen LogP contribution in [0.2, 0.25) is 5.02 Å². The Labute approximate surface area is 89.6 Å². The molecule has 1 aromatic carbocycles. The first-order valence-electron chi connectivity index (χ1n) is 5.01. The van der Waals surface area contributed by atoms with E-state index < -0.39 is 0 Å². The van der Waals surface area contributed by atoms with Crippen molar-refractivity contribution in [1.29, 1.82) is 0 Å². The number of hydrogen-bond acceptors (Lipinski definition) is 2. The van der Waals surface area contributed by atoms with Crippen LogP contribution < -0.4 is 5.84 Å². The summed E-state index contributed by atoms with van der Waals surface area (Å²) in [6.07, 6.45) is 2.27. The Morgan fingerprint density at radius 1 is 1.29 bits per heavy atom.